The zero-order chi connectivity index (χ0) is 12.7. The van der Waals surface area contributed by atoms with Gasteiger partial charge >= 0.3 is 0 Å². The number of aryl methyl sites for hydroxylation is 2. The van der Waals surface area contributed by atoms with Crippen molar-refractivity contribution in [2.75, 3.05) is 13.2 Å². The number of hydroxylamine groups is 2. The summed E-state index contributed by atoms with van der Waals surface area (Å²) in [6.45, 7) is 4.82. The first-order valence-corrected chi connectivity index (χ1v) is 5.85. The molecule has 0 unspecified atom stereocenters. The molecule has 1 amide bonds. The van der Waals surface area contributed by atoms with Crippen molar-refractivity contribution in [3.8, 4) is 0 Å². The Labute approximate surface area is 103 Å². The van der Waals surface area contributed by atoms with Gasteiger partial charge < -0.3 is 4.52 Å². The fourth-order valence-corrected chi connectivity index (χ4v) is 2.13. The van der Waals surface area contributed by atoms with E-state index in [0.29, 0.717) is 35.5 Å². The maximum absolute atomic E-state index is 12.4. The lowest BCUT2D eigenvalue weighted by Crippen LogP contribution is -2.26. The van der Waals surface area contributed by atoms with Gasteiger partial charge in [-0.1, -0.05) is 5.16 Å². The van der Waals surface area contributed by atoms with Crippen LogP contribution < -0.4 is 0 Å². The van der Waals surface area contributed by atoms with Crippen molar-refractivity contribution in [3.05, 3.63) is 23.0 Å². The highest BCUT2D eigenvalue weighted by molar-refractivity contribution is 6.05. The van der Waals surface area contributed by atoms with Gasteiger partial charge in [-0.05, 0) is 26.3 Å². The SMILES string of the molecule is Cc1cc(C(=O)N2CCCO2)c2c(C)noc2n1. The normalized spacial score (nSPS) is 15.6. The van der Waals surface area contributed by atoms with E-state index in [2.05, 4.69) is 10.1 Å². The third-order valence-electron chi connectivity index (χ3n) is 2.95. The van der Waals surface area contributed by atoms with E-state index in [-0.39, 0.29) is 5.91 Å². The van der Waals surface area contributed by atoms with Crippen LogP contribution in [-0.2, 0) is 4.84 Å². The Balaban J connectivity index is 2.14. The molecule has 2 aromatic rings. The summed E-state index contributed by atoms with van der Waals surface area (Å²) in [6, 6.07) is 1.75. The molecule has 0 spiro atoms. The third kappa shape index (κ3) is 1.65. The lowest BCUT2D eigenvalue weighted by molar-refractivity contribution is -0.0767. The van der Waals surface area contributed by atoms with Gasteiger partial charge in [0.1, 0.15) is 0 Å². The van der Waals surface area contributed by atoms with Gasteiger partial charge in [0, 0.05) is 5.69 Å². The molecule has 3 rings (SSSR count). The summed E-state index contributed by atoms with van der Waals surface area (Å²) < 4.78 is 5.11. The van der Waals surface area contributed by atoms with Crippen molar-refractivity contribution in [2.24, 2.45) is 0 Å². The van der Waals surface area contributed by atoms with Crippen molar-refractivity contribution in [1.29, 1.82) is 0 Å². The van der Waals surface area contributed by atoms with Crippen LogP contribution in [0.15, 0.2) is 10.6 Å². The molecule has 18 heavy (non-hydrogen) atoms. The summed E-state index contributed by atoms with van der Waals surface area (Å²) in [4.78, 5) is 21.9. The summed E-state index contributed by atoms with van der Waals surface area (Å²) in [6.07, 6.45) is 0.863. The van der Waals surface area contributed by atoms with Gasteiger partial charge in [0.25, 0.3) is 11.6 Å². The molecule has 6 nitrogen and oxygen atoms in total. The maximum Gasteiger partial charge on any atom is 0.278 e. The maximum atomic E-state index is 12.4. The summed E-state index contributed by atoms with van der Waals surface area (Å²) in [5.41, 5.74) is 2.33. The second kappa shape index (κ2) is 4.06. The van der Waals surface area contributed by atoms with Crippen LogP contribution >= 0.6 is 0 Å². The Morgan fingerprint density at radius 2 is 2.28 bits per heavy atom. The number of rotatable bonds is 1. The van der Waals surface area contributed by atoms with Gasteiger partial charge in [-0.25, -0.2) is 10.0 Å². The molecule has 0 radical (unpaired) electrons. The largest absolute Gasteiger partial charge is 0.336 e. The van der Waals surface area contributed by atoms with Gasteiger partial charge in [-0.15, -0.1) is 0 Å². The van der Waals surface area contributed by atoms with Crippen LogP contribution in [0.1, 0.15) is 28.2 Å². The van der Waals surface area contributed by atoms with E-state index in [1.165, 1.54) is 5.06 Å². The molecule has 1 aliphatic rings. The molecule has 0 atom stereocenters. The van der Waals surface area contributed by atoms with Crippen LogP contribution in [0.4, 0.5) is 0 Å². The number of aromatic nitrogens is 2. The van der Waals surface area contributed by atoms with Crippen molar-refractivity contribution < 1.29 is 14.2 Å². The molecular weight excluding hydrogens is 234 g/mol. The minimum absolute atomic E-state index is 0.158. The Hall–Kier alpha value is -1.95. The second-order valence-corrected chi connectivity index (χ2v) is 4.35. The minimum Gasteiger partial charge on any atom is -0.336 e. The second-order valence-electron chi connectivity index (χ2n) is 4.35. The number of nitrogens with zero attached hydrogens (tertiary/aromatic N) is 3. The fraction of sp³-hybridized carbons (Fsp3) is 0.417. The number of carbonyl (C=O) groups excluding carboxylic acids is 1. The third-order valence-corrected chi connectivity index (χ3v) is 2.95. The highest BCUT2D eigenvalue weighted by atomic mass is 16.7. The molecule has 1 aliphatic heterocycles. The molecule has 3 heterocycles. The van der Waals surface area contributed by atoms with Gasteiger partial charge in [-0.3, -0.25) is 9.63 Å². The number of fused-ring (bicyclic) bond motifs is 1. The number of amides is 1. The molecule has 6 heteroatoms. The topological polar surface area (TPSA) is 68.5 Å². The molecule has 0 bridgehead atoms. The van der Waals surface area contributed by atoms with Gasteiger partial charge in [-0.2, -0.15) is 0 Å². The van der Waals surface area contributed by atoms with Crippen molar-refractivity contribution in [3.63, 3.8) is 0 Å². The zero-order valence-corrected chi connectivity index (χ0v) is 10.3. The van der Waals surface area contributed by atoms with Crippen molar-refractivity contribution in [1.82, 2.24) is 15.2 Å². The first-order valence-electron chi connectivity index (χ1n) is 5.85. The molecular formula is C12H13N3O3. The standard InChI is InChI=1S/C12H13N3O3/c1-7-6-9(12(16)15-4-3-5-17-15)10-8(2)14-18-11(10)13-7/h6H,3-5H2,1-2H3. The van der Waals surface area contributed by atoms with E-state index < -0.39 is 0 Å². The quantitative estimate of drug-likeness (QED) is 0.765. The van der Waals surface area contributed by atoms with Crippen molar-refractivity contribution >= 4 is 17.0 Å². The molecule has 2 aromatic heterocycles. The Kier molecular flexibility index (Phi) is 2.52. The highest BCUT2D eigenvalue weighted by Gasteiger charge is 2.25. The zero-order valence-electron chi connectivity index (χ0n) is 10.3. The molecule has 94 valence electrons. The van der Waals surface area contributed by atoms with E-state index in [4.69, 9.17) is 9.36 Å². The van der Waals surface area contributed by atoms with Crippen LogP contribution in [0, 0.1) is 13.8 Å². The molecule has 0 N–H and O–H groups in total. The lowest BCUT2D eigenvalue weighted by Gasteiger charge is -2.14. The number of carbonyl (C=O) groups is 1. The molecule has 0 aromatic carbocycles. The van der Waals surface area contributed by atoms with E-state index in [1.54, 1.807) is 13.0 Å². The number of hydrogen-bond acceptors (Lipinski definition) is 5. The van der Waals surface area contributed by atoms with E-state index >= 15 is 0 Å². The van der Waals surface area contributed by atoms with E-state index in [1.807, 2.05) is 6.92 Å². The van der Waals surface area contributed by atoms with Crippen LogP contribution in [-0.4, -0.2) is 34.3 Å². The Morgan fingerprint density at radius 3 is 3.00 bits per heavy atom. The van der Waals surface area contributed by atoms with E-state index in [9.17, 15) is 4.79 Å². The monoisotopic (exact) mass is 247 g/mol. The Bertz CT molecular complexity index is 614. The Morgan fingerprint density at radius 1 is 1.44 bits per heavy atom. The molecule has 1 fully saturated rings. The van der Waals surface area contributed by atoms with Crippen LogP contribution in [0.25, 0.3) is 11.1 Å². The van der Waals surface area contributed by atoms with Crippen LogP contribution in [0.3, 0.4) is 0 Å². The molecule has 1 saturated heterocycles. The smallest absolute Gasteiger partial charge is 0.278 e. The number of pyridine rings is 1. The average molecular weight is 247 g/mol. The van der Waals surface area contributed by atoms with Crippen LogP contribution in [0.5, 0.6) is 0 Å². The van der Waals surface area contributed by atoms with Gasteiger partial charge in [0.15, 0.2) is 0 Å². The van der Waals surface area contributed by atoms with Crippen LogP contribution in [0.2, 0.25) is 0 Å². The average Bonchev–Trinajstić information content (AvgIpc) is 2.97. The summed E-state index contributed by atoms with van der Waals surface area (Å²) >= 11 is 0. The minimum atomic E-state index is -0.158. The number of hydrogen-bond donors (Lipinski definition) is 0. The van der Waals surface area contributed by atoms with Gasteiger partial charge in [0.05, 0.1) is 29.8 Å². The highest BCUT2D eigenvalue weighted by Crippen LogP contribution is 2.24. The summed E-state index contributed by atoms with van der Waals surface area (Å²) in [5.74, 6) is -0.158. The first-order chi connectivity index (χ1) is 8.66. The predicted molar refractivity (Wildman–Crippen MR) is 62.9 cm³/mol. The molecule has 0 saturated carbocycles. The first kappa shape index (κ1) is 11.2. The predicted octanol–water partition coefficient (Wildman–Crippen LogP) is 1.62. The lowest BCUT2D eigenvalue weighted by atomic mass is 10.1. The summed E-state index contributed by atoms with van der Waals surface area (Å²) in [7, 11) is 0. The summed E-state index contributed by atoms with van der Waals surface area (Å²) in [5, 5.41) is 5.91. The fourth-order valence-electron chi connectivity index (χ4n) is 2.13. The van der Waals surface area contributed by atoms with Gasteiger partial charge in [0.2, 0.25) is 0 Å². The van der Waals surface area contributed by atoms with E-state index in [0.717, 1.165) is 12.1 Å². The molecule has 0 aliphatic carbocycles. The van der Waals surface area contributed by atoms with Crippen molar-refractivity contribution in [2.45, 2.75) is 20.3 Å².